The summed E-state index contributed by atoms with van der Waals surface area (Å²) in [6.07, 6.45) is -3.03. The minimum Gasteiger partial charge on any atom is -0.385 e. The Bertz CT molecular complexity index is 901. The second-order valence-electron chi connectivity index (χ2n) is 8.99. The van der Waals surface area contributed by atoms with Gasteiger partial charge in [-0.25, -0.2) is 4.79 Å². The molecule has 0 atom stereocenters. The number of amides is 1. The van der Waals surface area contributed by atoms with E-state index in [2.05, 4.69) is 4.90 Å². The zero-order chi connectivity index (χ0) is 25.5. The highest BCUT2D eigenvalue weighted by molar-refractivity contribution is 6.10. The summed E-state index contributed by atoms with van der Waals surface area (Å²) in [5.41, 5.74) is 1.07. The maximum absolute atomic E-state index is 13.0. The normalized spacial score (nSPS) is 18.8. The lowest BCUT2D eigenvalue weighted by Crippen LogP contribution is -2.61. The molecule has 1 aromatic carbocycles. The van der Waals surface area contributed by atoms with Crippen LogP contribution < -0.4 is 4.90 Å². The smallest absolute Gasteiger partial charge is 0.385 e. The number of piperazine rings is 1. The number of halogens is 3. The Morgan fingerprint density at radius 3 is 2.43 bits per heavy atom. The van der Waals surface area contributed by atoms with Crippen LogP contribution in [0.15, 0.2) is 24.3 Å². The quantitative estimate of drug-likeness (QED) is 0.363. The van der Waals surface area contributed by atoms with Crippen LogP contribution in [0.1, 0.15) is 42.5 Å². The van der Waals surface area contributed by atoms with Crippen LogP contribution in [0.25, 0.3) is 0 Å². The molecule has 11 heteroatoms. The minimum atomic E-state index is -5.06. The van der Waals surface area contributed by atoms with Crippen LogP contribution >= 0.6 is 0 Å². The predicted molar refractivity (Wildman–Crippen MR) is 122 cm³/mol. The summed E-state index contributed by atoms with van der Waals surface area (Å²) in [7, 11) is 1.62. The van der Waals surface area contributed by atoms with Gasteiger partial charge in [-0.3, -0.25) is 19.3 Å². The number of fused-ring (bicyclic) bond motifs is 1. The molecule has 0 spiro atoms. The van der Waals surface area contributed by atoms with Crippen LogP contribution in [-0.2, 0) is 19.2 Å². The maximum Gasteiger partial charge on any atom is 0.497 e. The van der Waals surface area contributed by atoms with E-state index < -0.39 is 12.1 Å². The molecule has 0 bridgehead atoms. The lowest BCUT2D eigenvalue weighted by molar-refractivity contribution is -1.09. The van der Waals surface area contributed by atoms with E-state index in [9.17, 15) is 27.6 Å². The van der Waals surface area contributed by atoms with Crippen LogP contribution in [0.2, 0.25) is 0 Å². The molecule has 3 rings (SSSR count). The number of rotatable bonds is 10. The molecular weight excluding hydrogens is 467 g/mol. The number of hydrogen-bond donors (Lipinski definition) is 0. The SMILES string of the molecule is COCCCN1CC[N+](CCCCN2C(=O)CCC(=O)c3ccccc32)(OC(=O)C(F)(F)F)CC1. The third-order valence-electron chi connectivity index (χ3n) is 6.54. The predicted octanol–water partition coefficient (Wildman–Crippen LogP) is 2.97. The lowest BCUT2D eigenvalue weighted by atomic mass is 10.1. The Balaban J connectivity index is 1.61. The summed E-state index contributed by atoms with van der Waals surface area (Å²) >= 11 is 0. The minimum absolute atomic E-state index is 0.0802. The van der Waals surface area contributed by atoms with Crippen molar-refractivity contribution in [3.8, 4) is 0 Å². The number of unbranched alkanes of at least 4 members (excludes halogenated alkanes) is 1. The number of hydroxylamine groups is 3. The van der Waals surface area contributed by atoms with Crippen LogP contribution in [0.3, 0.4) is 0 Å². The summed E-state index contributed by atoms with van der Waals surface area (Å²) in [4.78, 5) is 45.4. The van der Waals surface area contributed by atoms with E-state index in [1.54, 1.807) is 36.3 Å². The second kappa shape index (κ2) is 12.0. The molecule has 0 saturated carbocycles. The van der Waals surface area contributed by atoms with Gasteiger partial charge >= 0.3 is 12.1 Å². The highest BCUT2D eigenvalue weighted by Crippen LogP contribution is 2.28. The van der Waals surface area contributed by atoms with E-state index in [0.29, 0.717) is 50.3 Å². The number of quaternary nitrogens is 1. The Labute approximate surface area is 203 Å². The fourth-order valence-corrected chi connectivity index (χ4v) is 4.60. The van der Waals surface area contributed by atoms with E-state index in [0.717, 1.165) is 13.0 Å². The Hall–Kier alpha value is -2.50. The fourth-order valence-electron chi connectivity index (χ4n) is 4.60. The molecule has 8 nitrogen and oxygen atoms in total. The fraction of sp³-hybridized carbons (Fsp3) is 0.625. The van der Waals surface area contributed by atoms with E-state index in [1.165, 1.54) is 0 Å². The summed E-state index contributed by atoms with van der Waals surface area (Å²) in [5, 5.41) is 0. The summed E-state index contributed by atoms with van der Waals surface area (Å²) in [6.45, 7) is 3.45. The maximum atomic E-state index is 13.0. The van der Waals surface area contributed by atoms with Gasteiger partial charge in [0, 0.05) is 51.6 Å². The number of methoxy groups -OCH3 is 1. The number of carbonyl (C=O) groups is 3. The van der Waals surface area contributed by atoms with E-state index in [-0.39, 0.29) is 48.8 Å². The number of para-hydroxylation sites is 1. The first-order chi connectivity index (χ1) is 16.6. The van der Waals surface area contributed by atoms with Crippen molar-refractivity contribution in [1.29, 1.82) is 0 Å². The molecule has 2 aliphatic heterocycles. The topological polar surface area (TPSA) is 76.2 Å². The number of ether oxygens (including phenoxy) is 1. The molecule has 0 aromatic heterocycles. The van der Waals surface area contributed by atoms with Crippen molar-refractivity contribution < 1.29 is 41.8 Å². The number of carbonyl (C=O) groups excluding carboxylic acids is 3. The first-order valence-corrected chi connectivity index (χ1v) is 12.0. The van der Waals surface area contributed by atoms with Gasteiger partial charge in [0.1, 0.15) is 19.6 Å². The first-order valence-electron chi connectivity index (χ1n) is 12.0. The number of ketones is 1. The van der Waals surface area contributed by atoms with E-state index in [4.69, 9.17) is 9.57 Å². The third kappa shape index (κ3) is 7.25. The molecule has 2 aliphatic rings. The molecule has 1 fully saturated rings. The standard InChI is InChI=1S/C24H33F3N3O5/c1-34-18-6-11-28-13-16-30(17-14-28,35-23(33)24(25,26)27)15-5-4-12-29-20-8-3-2-7-19(20)21(31)9-10-22(29)32/h2-3,7-8H,4-6,9-18H2,1H3/q+1. The molecular formula is C24H33F3N3O5+. The van der Waals surface area contributed by atoms with Gasteiger partial charge in [-0.15, -0.1) is 4.65 Å². The average molecular weight is 501 g/mol. The molecule has 1 saturated heterocycles. The van der Waals surface area contributed by atoms with Gasteiger partial charge in [-0.1, -0.05) is 12.1 Å². The van der Waals surface area contributed by atoms with Crippen LogP contribution in [0.4, 0.5) is 18.9 Å². The van der Waals surface area contributed by atoms with Gasteiger partial charge in [0.05, 0.1) is 18.8 Å². The van der Waals surface area contributed by atoms with Crippen molar-refractivity contribution in [1.82, 2.24) is 4.90 Å². The zero-order valence-corrected chi connectivity index (χ0v) is 20.0. The van der Waals surface area contributed by atoms with Gasteiger partial charge < -0.3 is 9.64 Å². The van der Waals surface area contributed by atoms with Crippen LogP contribution in [0, 0.1) is 0 Å². The molecule has 1 aromatic rings. The Morgan fingerprint density at radius 1 is 1.03 bits per heavy atom. The third-order valence-corrected chi connectivity index (χ3v) is 6.54. The number of alkyl halides is 3. The summed E-state index contributed by atoms with van der Waals surface area (Å²) in [5.74, 6) is -2.41. The van der Waals surface area contributed by atoms with Crippen LogP contribution in [-0.4, -0.2) is 92.9 Å². The Morgan fingerprint density at radius 2 is 1.74 bits per heavy atom. The number of Topliss-reactive ketones (excluding diaryl/α,β-unsaturated/α-hetero) is 1. The van der Waals surface area contributed by atoms with Crippen molar-refractivity contribution in [2.24, 2.45) is 0 Å². The van der Waals surface area contributed by atoms with Crippen LogP contribution in [0.5, 0.6) is 0 Å². The number of anilines is 1. The molecule has 0 aliphatic carbocycles. The van der Waals surface area contributed by atoms with Crippen molar-refractivity contribution in [2.75, 3.05) is 64.4 Å². The number of benzene rings is 1. The van der Waals surface area contributed by atoms with E-state index >= 15 is 0 Å². The van der Waals surface area contributed by atoms with Gasteiger partial charge in [0.25, 0.3) is 0 Å². The van der Waals surface area contributed by atoms with Crippen molar-refractivity contribution >= 4 is 23.3 Å². The summed E-state index contributed by atoms with van der Waals surface area (Å²) < 4.78 is 43.5. The lowest BCUT2D eigenvalue weighted by Gasteiger charge is -2.41. The number of hydrogen-bond acceptors (Lipinski definition) is 6. The molecule has 1 amide bonds. The summed E-state index contributed by atoms with van der Waals surface area (Å²) in [6, 6.07) is 6.95. The molecule has 35 heavy (non-hydrogen) atoms. The van der Waals surface area contributed by atoms with Gasteiger partial charge in [-0.05, 0) is 25.0 Å². The van der Waals surface area contributed by atoms with Gasteiger partial charge in [0.2, 0.25) is 5.91 Å². The van der Waals surface area contributed by atoms with Gasteiger partial charge in [0.15, 0.2) is 5.78 Å². The molecule has 0 N–H and O–H groups in total. The first kappa shape index (κ1) is 27.1. The average Bonchev–Trinajstić information content (AvgIpc) is 2.94. The van der Waals surface area contributed by atoms with Crippen molar-refractivity contribution in [3.05, 3.63) is 29.8 Å². The highest BCUT2D eigenvalue weighted by atomic mass is 19.4. The van der Waals surface area contributed by atoms with Crippen molar-refractivity contribution in [2.45, 2.75) is 38.3 Å². The molecule has 194 valence electrons. The largest absolute Gasteiger partial charge is 0.497 e. The molecule has 0 unspecified atom stereocenters. The zero-order valence-electron chi connectivity index (χ0n) is 20.0. The van der Waals surface area contributed by atoms with E-state index in [1.807, 2.05) is 0 Å². The Kier molecular flexibility index (Phi) is 9.26. The molecule has 2 heterocycles. The second-order valence-corrected chi connectivity index (χ2v) is 8.99. The number of nitrogens with zero attached hydrogens (tertiary/aromatic N) is 3. The van der Waals surface area contributed by atoms with Gasteiger partial charge in [-0.2, -0.15) is 13.2 Å². The molecule has 0 radical (unpaired) electrons. The van der Waals surface area contributed by atoms with Crippen molar-refractivity contribution in [3.63, 3.8) is 0 Å². The monoisotopic (exact) mass is 500 g/mol. The highest BCUT2D eigenvalue weighted by Gasteiger charge is 2.48.